The monoisotopic (exact) mass is 312 g/mol. The van der Waals surface area contributed by atoms with Crippen LogP contribution < -0.4 is 4.74 Å². The first kappa shape index (κ1) is 14.7. The predicted octanol–water partition coefficient (Wildman–Crippen LogP) is 5.21. The second kappa shape index (κ2) is 5.49. The molecule has 0 saturated carbocycles. The van der Waals surface area contributed by atoms with Gasteiger partial charge < -0.3 is 4.74 Å². The molecule has 0 spiro atoms. The molecule has 0 fully saturated rings. The molecule has 0 radical (unpaired) electrons. The van der Waals surface area contributed by atoms with Crippen molar-refractivity contribution >= 4 is 35.0 Å². The fourth-order valence-corrected chi connectivity index (χ4v) is 2.09. The summed E-state index contributed by atoms with van der Waals surface area (Å²) in [7, 11) is 0. The first-order valence-electron chi connectivity index (χ1n) is 3.89. The second-order valence-electron chi connectivity index (χ2n) is 2.61. The highest BCUT2D eigenvalue weighted by atomic mass is 35.5. The maximum atomic E-state index is 12.2. The molecule has 0 amide bonds. The standard InChI is InChI=1S/C8H3Cl2F5OS/c9-3-1-2-4(10)6(17-8(13,14)15)5(3)16-7(11)12/h1-2,7H. The highest BCUT2D eigenvalue weighted by molar-refractivity contribution is 8.00. The van der Waals surface area contributed by atoms with Gasteiger partial charge in [0.15, 0.2) is 5.75 Å². The minimum Gasteiger partial charge on any atom is -0.432 e. The van der Waals surface area contributed by atoms with Crippen molar-refractivity contribution in [3.63, 3.8) is 0 Å². The number of ether oxygens (including phenoxy) is 1. The van der Waals surface area contributed by atoms with Crippen LogP contribution in [0.3, 0.4) is 0 Å². The topological polar surface area (TPSA) is 9.23 Å². The molecule has 0 aliphatic carbocycles. The zero-order chi connectivity index (χ0) is 13.2. The average molecular weight is 313 g/mol. The van der Waals surface area contributed by atoms with Gasteiger partial charge >= 0.3 is 12.1 Å². The lowest BCUT2D eigenvalue weighted by Gasteiger charge is -2.14. The number of hydrogen-bond donors (Lipinski definition) is 0. The van der Waals surface area contributed by atoms with Crippen molar-refractivity contribution in [3.8, 4) is 5.75 Å². The molecular formula is C8H3Cl2F5OS. The van der Waals surface area contributed by atoms with Gasteiger partial charge in [0.2, 0.25) is 0 Å². The zero-order valence-corrected chi connectivity index (χ0v) is 10.0. The molecule has 0 aliphatic rings. The smallest absolute Gasteiger partial charge is 0.432 e. The summed E-state index contributed by atoms with van der Waals surface area (Å²) in [5.41, 5.74) is -4.69. The van der Waals surface area contributed by atoms with Crippen LogP contribution in [0.4, 0.5) is 22.0 Å². The van der Waals surface area contributed by atoms with Crippen molar-refractivity contribution in [1.29, 1.82) is 0 Å². The number of alkyl halides is 5. The molecule has 0 saturated heterocycles. The molecule has 0 N–H and O–H groups in total. The van der Waals surface area contributed by atoms with E-state index in [1.807, 2.05) is 0 Å². The van der Waals surface area contributed by atoms with Crippen LogP contribution >= 0.6 is 35.0 Å². The Labute approximate surface area is 107 Å². The third kappa shape index (κ3) is 4.40. The zero-order valence-electron chi connectivity index (χ0n) is 7.69. The summed E-state index contributed by atoms with van der Waals surface area (Å²) in [4.78, 5) is -0.688. The Kier molecular flexibility index (Phi) is 4.74. The van der Waals surface area contributed by atoms with Gasteiger partial charge in [0.25, 0.3) is 0 Å². The summed E-state index contributed by atoms with van der Waals surface area (Å²) in [6, 6.07) is 2.14. The summed E-state index contributed by atoms with van der Waals surface area (Å²) in [5, 5.41) is -0.742. The Hall–Kier alpha value is -0.400. The minimum atomic E-state index is -4.69. The van der Waals surface area contributed by atoms with Crippen LogP contribution in [0.1, 0.15) is 0 Å². The van der Waals surface area contributed by atoms with Crippen LogP contribution in [-0.2, 0) is 0 Å². The van der Waals surface area contributed by atoms with Gasteiger partial charge in [0.05, 0.1) is 14.9 Å². The normalized spacial score (nSPS) is 12.0. The summed E-state index contributed by atoms with van der Waals surface area (Å²) >= 11 is 10.3. The van der Waals surface area contributed by atoms with E-state index in [0.717, 1.165) is 12.1 Å². The molecular weight excluding hydrogens is 310 g/mol. The van der Waals surface area contributed by atoms with Crippen LogP contribution in [0.2, 0.25) is 10.0 Å². The van der Waals surface area contributed by atoms with E-state index >= 15 is 0 Å². The van der Waals surface area contributed by atoms with Gasteiger partial charge in [0.1, 0.15) is 0 Å². The van der Waals surface area contributed by atoms with Crippen LogP contribution in [0.5, 0.6) is 5.75 Å². The average Bonchev–Trinajstić information content (AvgIpc) is 2.15. The van der Waals surface area contributed by atoms with Gasteiger partial charge in [-0.1, -0.05) is 23.2 Å². The lowest BCUT2D eigenvalue weighted by molar-refractivity contribution is -0.0526. The highest BCUT2D eigenvalue weighted by Crippen LogP contribution is 2.48. The van der Waals surface area contributed by atoms with E-state index in [0.29, 0.717) is 0 Å². The van der Waals surface area contributed by atoms with Gasteiger partial charge in [-0.2, -0.15) is 22.0 Å². The summed E-state index contributed by atoms with van der Waals surface area (Å²) in [5.74, 6) is -0.781. The van der Waals surface area contributed by atoms with Crippen molar-refractivity contribution in [2.75, 3.05) is 0 Å². The molecule has 1 aromatic carbocycles. The predicted molar refractivity (Wildman–Crippen MR) is 55.0 cm³/mol. The van der Waals surface area contributed by atoms with Crippen molar-refractivity contribution in [2.45, 2.75) is 17.0 Å². The van der Waals surface area contributed by atoms with Gasteiger partial charge in [-0.05, 0) is 23.9 Å². The molecule has 0 atom stereocenters. The number of hydrogen-bond acceptors (Lipinski definition) is 2. The Bertz CT molecular complexity index is 410. The molecule has 1 rings (SSSR count). The molecule has 0 aromatic heterocycles. The second-order valence-corrected chi connectivity index (χ2v) is 4.50. The first-order chi connectivity index (χ1) is 7.70. The molecule has 9 heteroatoms. The first-order valence-corrected chi connectivity index (χ1v) is 5.46. The number of rotatable bonds is 3. The Balaban J connectivity index is 3.20. The minimum absolute atomic E-state index is 0.368. The maximum absolute atomic E-state index is 12.2. The van der Waals surface area contributed by atoms with Crippen molar-refractivity contribution in [2.24, 2.45) is 0 Å². The van der Waals surface area contributed by atoms with E-state index in [2.05, 4.69) is 4.74 Å². The SMILES string of the molecule is FC(F)Oc1c(Cl)ccc(Cl)c1SC(F)(F)F. The van der Waals surface area contributed by atoms with E-state index in [4.69, 9.17) is 23.2 Å². The van der Waals surface area contributed by atoms with Crippen molar-refractivity contribution in [1.82, 2.24) is 0 Å². The van der Waals surface area contributed by atoms with E-state index in [1.165, 1.54) is 0 Å². The van der Waals surface area contributed by atoms with Crippen LogP contribution in [-0.4, -0.2) is 12.1 Å². The maximum Gasteiger partial charge on any atom is 0.446 e. The third-order valence-electron chi connectivity index (χ3n) is 1.44. The summed E-state index contributed by atoms with van der Waals surface area (Å²) < 4.78 is 64.6. The highest BCUT2D eigenvalue weighted by Gasteiger charge is 2.33. The van der Waals surface area contributed by atoms with Crippen molar-refractivity contribution < 1.29 is 26.7 Å². The molecule has 17 heavy (non-hydrogen) atoms. The Morgan fingerprint density at radius 1 is 1.12 bits per heavy atom. The molecule has 0 heterocycles. The molecule has 0 bridgehead atoms. The molecule has 96 valence electrons. The van der Waals surface area contributed by atoms with Gasteiger partial charge in [-0.15, -0.1) is 0 Å². The number of thioether (sulfide) groups is 1. The largest absolute Gasteiger partial charge is 0.446 e. The van der Waals surface area contributed by atoms with E-state index in [1.54, 1.807) is 0 Å². The summed E-state index contributed by atoms with van der Waals surface area (Å²) in [6.45, 7) is -3.29. The van der Waals surface area contributed by atoms with Crippen LogP contribution in [0.15, 0.2) is 17.0 Å². The van der Waals surface area contributed by atoms with Gasteiger partial charge in [0, 0.05) is 0 Å². The molecule has 1 aromatic rings. The lowest BCUT2D eigenvalue weighted by atomic mass is 10.3. The van der Waals surface area contributed by atoms with Gasteiger partial charge in [-0.25, -0.2) is 0 Å². The molecule has 0 unspecified atom stereocenters. The molecule has 1 nitrogen and oxygen atoms in total. The van der Waals surface area contributed by atoms with E-state index in [9.17, 15) is 22.0 Å². The quantitative estimate of drug-likeness (QED) is 0.560. The van der Waals surface area contributed by atoms with Crippen LogP contribution in [0, 0.1) is 0 Å². The fraction of sp³-hybridized carbons (Fsp3) is 0.250. The lowest BCUT2D eigenvalue weighted by Crippen LogP contribution is -2.06. The van der Waals surface area contributed by atoms with E-state index < -0.39 is 34.5 Å². The van der Waals surface area contributed by atoms with E-state index in [-0.39, 0.29) is 10.0 Å². The van der Waals surface area contributed by atoms with Crippen molar-refractivity contribution in [3.05, 3.63) is 22.2 Å². The van der Waals surface area contributed by atoms with Gasteiger partial charge in [-0.3, -0.25) is 0 Å². The number of halogens is 7. The fourth-order valence-electron chi connectivity index (χ4n) is 0.924. The van der Waals surface area contributed by atoms with Crippen LogP contribution in [0.25, 0.3) is 0 Å². The molecule has 0 aliphatic heterocycles. The Morgan fingerprint density at radius 2 is 1.65 bits per heavy atom. The summed E-state index contributed by atoms with van der Waals surface area (Å²) in [6.07, 6.45) is 0. The number of benzene rings is 1. The Morgan fingerprint density at radius 3 is 2.12 bits per heavy atom. The third-order valence-corrected chi connectivity index (χ3v) is 3.01.